The first kappa shape index (κ1) is 18.0. The molecule has 1 N–H and O–H groups in total. The maximum absolute atomic E-state index is 12.5. The van der Waals surface area contributed by atoms with Gasteiger partial charge in [0.15, 0.2) is 5.82 Å². The Morgan fingerprint density at radius 2 is 1.57 bits per heavy atom. The van der Waals surface area contributed by atoms with Crippen LogP contribution >= 0.6 is 0 Å². The van der Waals surface area contributed by atoms with E-state index in [4.69, 9.17) is 0 Å². The summed E-state index contributed by atoms with van der Waals surface area (Å²) in [5.74, 6) is 0.846. The number of benzene rings is 2. The van der Waals surface area contributed by atoms with Gasteiger partial charge in [-0.1, -0.05) is 48.5 Å². The molecular formula is C22H23N5O. The Balaban J connectivity index is 1.35. The molecule has 3 aromatic rings. The molecule has 1 aliphatic rings. The van der Waals surface area contributed by atoms with E-state index in [9.17, 15) is 4.79 Å². The summed E-state index contributed by atoms with van der Waals surface area (Å²) in [6.45, 7) is 4.77. The third kappa shape index (κ3) is 3.96. The van der Waals surface area contributed by atoms with E-state index in [1.165, 1.54) is 0 Å². The lowest BCUT2D eigenvalue weighted by molar-refractivity contribution is 0.208. The highest BCUT2D eigenvalue weighted by atomic mass is 16.2. The molecule has 0 radical (unpaired) electrons. The van der Waals surface area contributed by atoms with Crippen LogP contribution in [0.25, 0.3) is 11.3 Å². The van der Waals surface area contributed by atoms with Crippen LogP contribution in [-0.4, -0.2) is 47.3 Å². The minimum Gasteiger partial charge on any atom is -0.352 e. The van der Waals surface area contributed by atoms with Crippen molar-refractivity contribution in [2.45, 2.75) is 6.92 Å². The second-order valence-electron chi connectivity index (χ2n) is 6.86. The fraction of sp³-hybridized carbons (Fsp3) is 0.227. The number of urea groups is 1. The largest absolute Gasteiger partial charge is 0.352 e. The number of aryl methyl sites for hydroxylation is 1. The van der Waals surface area contributed by atoms with Crippen molar-refractivity contribution in [1.82, 2.24) is 15.1 Å². The van der Waals surface area contributed by atoms with Crippen LogP contribution in [-0.2, 0) is 0 Å². The summed E-state index contributed by atoms with van der Waals surface area (Å²) in [5, 5.41) is 11.7. The van der Waals surface area contributed by atoms with Gasteiger partial charge in [0.1, 0.15) is 0 Å². The van der Waals surface area contributed by atoms with Crippen molar-refractivity contribution in [3.8, 4) is 11.3 Å². The number of para-hydroxylation sites is 1. The first-order chi connectivity index (χ1) is 13.7. The van der Waals surface area contributed by atoms with Crippen molar-refractivity contribution in [3.63, 3.8) is 0 Å². The molecule has 0 bridgehead atoms. The third-order valence-electron chi connectivity index (χ3n) is 5.00. The van der Waals surface area contributed by atoms with Gasteiger partial charge >= 0.3 is 6.03 Å². The van der Waals surface area contributed by atoms with E-state index in [2.05, 4.69) is 20.4 Å². The van der Waals surface area contributed by atoms with E-state index in [1.54, 1.807) is 0 Å². The van der Waals surface area contributed by atoms with E-state index in [0.717, 1.165) is 41.4 Å². The van der Waals surface area contributed by atoms with E-state index < -0.39 is 0 Å². The molecule has 0 aliphatic carbocycles. The Morgan fingerprint density at radius 3 is 2.25 bits per heavy atom. The minimum atomic E-state index is -0.0561. The molecule has 1 aliphatic heterocycles. The highest BCUT2D eigenvalue weighted by molar-refractivity contribution is 5.90. The van der Waals surface area contributed by atoms with Gasteiger partial charge in [-0.25, -0.2) is 4.79 Å². The Bertz CT molecular complexity index is 935. The minimum absolute atomic E-state index is 0.0561. The lowest BCUT2D eigenvalue weighted by atomic mass is 10.1. The Hall–Kier alpha value is -3.41. The molecule has 4 rings (SSSR count). The molecule has 1 fully saturated rings. The zero-order valence-corrected chi connectivity index (χ0v) is 15.9. The summed E-state index contributed by atoms with van der Waals surface area (Å²) in [4.78, 5) is 16.5. The number of carbonyl (C=O) groups is 1. The number of piperazine rings is 1. The first-order valence-corrected chi connectivity index (χ1v) is 9.46. The zero-order chi connectivity index (χ0) is 19.3. The maximum Gasteiger partial charge on any atom is 0.321 e. The number of hydrogen-bond donors (Lipinski definition) is 1. The van der Waals surface area contributed by atoms with E-state index >= 15 is 0 Å². The molecule has 0 atom stereocenters. The summed E-state index contributed by atoms with van der Waals surface area (Å²) < 4.78 is 0. The Labute approximate surface area is 164 Å². The number of anilines is 2. The number of nitrogens with zero attached hydrogens (tertiary/aromatic N) is 4. The number of carbonyl (C=O) groups excluding carboxylic acids is 1. The van der Waals surface area contributed by atoms with Gasteiger partial charge in [0.05, 0.1) is 5.69 Å². The fourth-order valence-electron chi connectivity index (χ4n) is 3.30. The van der Waals surface area contributed by atoms with E-state index in [0.29, 0.717) is 13.1 Å². The van der Waals surface area contributed by atoms with Crippen molar-refractivity contribution < 1.29 is 4.79 Å². The molecule has 2 aromatic carbocycles. The second-order valence-corrected chi connectivity index (χ2v) is 6.86. The average molecular weight is 373 g/mol. The molecule has 0 unspecified atom stereocenters. The first-order valence-electron chi connectivity index (χ1n) is 9.46. The van der Waals surface area contributed by atoms with Gasteiger partial charge in [0.2, 0.25) is 0 Å². The van der Waals surface area contributed by atoms with Crippen LogP contribution in [0.3, 0.4) is 0 Å². The molecule has 2 amide bonds. The van der Waals surface area contributed by atoms with Gasteiger partial charge in [0.25, 0.3) is 0 Å². The summed E-state index contributed by atoms with van der Waals surface area (Å²) in [5.41, 5.74) is 3.83. The van der Waals surface area contributed by atoms with Gasteiger partial charge in [-0.15, -0.1) is 10.2 Å². The van der Waals surface area contributed by atoms with Crippen LogP contribution in [0.1, 0.15) is 5.56 Å². The zero-order valence-electron chi connectivity index (χ0n) is 15.9. The van der Waals surface area contributed by atoms with Gasteiger partial charge in [-0.2, -0.15) is 0 Å². The van der Waals surface area contributed by atoms with Crippen LogP contribution < -0.4 is 10.2 Å². The van der Waals surface area contributed by atoms with E-state index in [1.807, 2.05) is 78.6 Å². The summed E-state index contributed by atoms with van der Waals surface area (Å²) in [6, 6.07) is 21.8. The fourth-order valence-corrected chi connectivity index (χ4v) is 3.30. The summed E-state index contributed by atoms with van der Waals surface area (Å²) >= 11 is 0. The number of hydrogen-bond acceptors (Lipinski definition) is 4. The topological polar surface area (TPSA) is 61.4 Å². The van der Waals surface area contributed by atoms with Gasteiger partial charge in [-0.3, -0.25) is 0 Å². The molecule has 2 heterocycles. The molecule has 6 heteroatoms. The third-order valence-corrected chi connectivity index (χ3v) is 5.00. The van der Waals surface area contributed by atoms with Gasteiger partial charge in [0, 0.05) is 37.4 Å². The number of amides is 2. The monoisotopic (exact) mass is 373 g/mol. The molecule has 6 nitrogen and oxygen atoms in total. The van der Waals surface area contributed by atoms with Crippen molar-refractivity contribution in [2.75, 3.05) is 36.4 Å². The Morgan fingerprint density at radius 1 is 0.857 bits per heavy atom. The second kappa shape index (κ2) is 8.08. The smallest absolute Gasteiger partial charge is 0.321 e. The highest BCUT2D eigenvalue weighted by Gasteiger charge is 2.22. The number of nitrogens with one attached hydrogen (secondary N) is 1. The highest BCUT2D eigenvalue weighted by Crippen LogP contribution is 2.19. The van der Waals surface area contributed by atoms with Crippen LogP contribution in [0.5, 0.6) is 0 Å². The summed E-state index contributed by atoms with van der Waals surface area (Å²) in [6.07, 6.45) is 0. The molecule has 0 saturated carbocycles. The molecular weight excluding hydrogens is 350 g/mol. The SMILES string of the molecule is Cc1ccccc1NC(=O)N1CCN(c2ccc(-c3ccccc3)nn2)CC1. The van der Waals surface area contributed by atoms with Crippen molar-refractivity contribution >= 4 is 17.5 Å². The lowest BCUT2D eigenvalue weighted by Crippen LogP contribution is -2.50. The van der Waals surface area contributed by atoms with Crippen LogP contribution in [0, 0.1) is 6.92 Å². The standard InChI is InChI=1S/C22H23N5O/c1-17-7-5-6-10-19(17)23-22(28)27-15-13-26(14-16-27)21-12-11-20(24-25-21)18-8-3-2-4-9-18/h2-12H,13-16H2,1H3,(H,23,28). The average Bonchev–Trinajstić information content (AvgIpc) is 2.76. The quantitative estimate of drug-likeness (QED) is 0.758. The van der Waals surface area contributed by atoms with Crippen LogP contribution in [0.4, 0.5) is 16.3 Å². The lowest BCUT2D eigenvalue weighted by Gasteiger charge is -2.35. The molecule has 0 spiro atoms. The molecule has 1 saturated heterocycles. The van der Waals surface area contributed by atoms with Crippen molar-refractivity contribution in [3.05, 3.63) is 72.3 Å². The molecule has 1 aromatic heterocycles. The predicted molar refractivity (Wildman–Crippen MR) is 111 cm³/mol. The number of rotatable bonds is 3. The van der Waals surface area contributed by atoms with Gasteiger partial charge < -0.3 is 15.1 Å². The molecule has 142 valence electrons. The van der Waals surface area contributed by atoms with Crippen molar-refractivity contribution in [1.29, 1.82) is 0 Å². The van der Waals surface area contributed by atoms with Crippen molar-refractivity contribution in [2.24, 2.45) is 0 Å². The van der Waals surface area contributed by atoms with E-state index in [-0.39, 0.29) is 6.03 Å². The predicted octanol–water partition coefficient (Wildman–Crippen LogP) is 3.81. The number of aromatic nitrogens is 2. The van der Waals surface area contributed by atoms with Gasteiger partial charge in [-0.05, 0) is 30.7 Å². The molecule has 28 heavy (non-hydrogen) atoms. The summed E-state index contributed by atoms with van der Waals surface area (Å²) in [7, 11) is 0. The van der Waals surface area contributed by atoms with Crippen LogP contribution in [0.2, 0.25) is 0 Å². The normalized spacial score (nSPS) is 14.0. The maximum atomic E-state index is 12.5. The van der Waals surface area contributed by atoms with Crippen LogP contribution in [0.15, 0.2) is 66.7 Å². The Kier molecular flexibility index (Phi) is 5.19.